The van der Waals surface area contributed by atoms with Crippen molar-refractivity contribution in [1.29, 1.82) is 0 Å². The van der Waals surface area contributed by atoms with E-state index < -0.39 is 11.2 Å². The van der Waals surface area contributed by atoms with E-state index in [1.54, 1.807) is 36.9 Å². The molecule has 3 heterocycles. The minimum absolute atomic E-state index is 0.0915. The maximum atomic E-state index is 13.4. The SMILES string of the molecule is Cc1c(Cl)cccc1-c1cn(CC(=O)N2CCC(N3CCc4ccccc4CC3=O)CC2)c(=O)n(C(C)C)c1=O. The lowest BCUT2D eigenvalue weighted by molar-refractivity contribution is -0.136. The highest BCUT2D eigenvalue weighted by atomic mass is 35.5. The Hall–Kier alpha value is -3.65. The number of fused-ring (bicyclic) bond motifs is 1. The van der Waals surface area contributed by atoms with Crippen molar-refractivity contribution in [2.75, 3.05) is 19.6 Å². The summed E-state index contributed by atoms with van der Waals surface area (Å²) >= 11 is 6.32. The van der Waals surface area contributed by atoms with Gasteiger partial charge in [0.15, 0.2) is 0 Å². The molecule has 2 amide bonds. The van der Waals surface area contributed by atoms with E-state index in [1.165, 1.54) is 20.9 Å². The summed E-state index contributed by atoms with van der Waals surface area (Å²) < 4.78 is 2.53. The van der Waals surface area contributed by atoms with Gasteiger partial charge in [-0.05, 0) is 68.4 Å². The lowest BCUT2D eigenvalue weighted by Crippen LogP contribution is -2.50. The van der Waals surface area contributed by atoms with E-state index in [9.17, 15) is 19.2 Å². The summed E-state index contributed by atoms with van der Waals surface area (Å²) in [4.78, 5) is 56.8. The van der Waals surface area contributed by atoms with Crippen molar-refractivity contribution in [2.24, 2.45) is 0 Å². The van der Waals surface area contributed by atoms with Crippen LogP contribution >= 0.6 is 11.6 Å². The summed E-state index contributed by atoms with van der Waals surface area (Å²) in [6.45, 7) is 6.93. The van der Waals surface area contributed by atoms with E-state index in [1.807, 2.05) is 30.0 Å². The normalized spacial score (nSPS) is 16.3. The smallest absolute Gasteiger partial charge is 0.331 e. The minimum Gasteiger partial charge on any atom is -0.341 e. The number of rotatable bonds is 5. The molecule has 0 N–H and O–H groups in total. The molecule has 2 aromatic carbocycles. The molecule has 3 aromatic rings. The molecule has 0 radical (unpaired) electrons. The number of likely N-dealkylation sites (tertiary alicyclic amines) is 1. The number of halogens is 1. The second-order valence-electron chi connectivity index (χ2n) is 11.0. The van der Waals surface area contributed by atoms with Gasteiger partial charge in [0.05, 0.1) is 12.0 Å². The van der Waals surface area contributed by atoms with Gasteiger partial charge in [-0.15, -0.1) is 0 Å². The molecule has 8 nitrogen and oxygen atoms in total. The Bertz CT molecular complexity index is 1570. The Balaban J connectivity index is 1.32. The van der Waals surface area contributed by atoms with Crippen molar-refractivity contribution in [1.82, 2.24) is 18.9 Å². The molecule has 2 aliphatic rings. The summed E-state index contributed by atoms with van der Waals surface area (Å²) in [5.74, 6) is -0.0427. The monoisotopic (exact) mass is 562 g/mol. The third kappa shape index (κ3) is 5.37. The van der Waals surface area contributed by atoms with Crippen LogP contribution in [-0.4, -0.2) is 56.4 Å². The van der Waals surface area contributed by atoms with Gasteiger partial charge in [0, 0.05) is 42.9 Å². The fourth-order valence-electron chi connectivity index (χ4n) is 5.94. The molecule has 40 heavy (non-hydrogen) atoms. The molecule has 2 aliphatic heterocycles. The second kappa shape index (κ2) is 11.5. The van der Waals surface area contributed by atoms with E-state index in [0.717, 1.165) is 17.5 Å². The first-order chi connectivity index (χ1) is 19.2. The highest BCUT2D eigenvalue weighted by molar-refractivity contribution is 6.31. The van der Waals surface area contributed by atoms with Crippen LogP contribution in [0.5, 0.6) is 0 Å². The molecule has 0 unspecified atom stereocenters. The van der Waals surface area contributed by atoms with Gasteiger partial charge >= 0.3 is 5.69 Å². The van der Waals surface area contributed by atoms with Crippen LogP contribution in [0.3, 0.4) is 0 Å². The van der Waals surface area contributed by atoms with E-state index in [-0.39, 0.29) is 30.4 Å². The van der Waals surface area contributed by atoms with Gasteiger partial charge < -0.3 is 9.80 Å². The first kappa shape index (κ1) is 27.9. The number of carbonyl (C=O) groups is 2. The van der Waals surface area contributed by atoms with Crippen molar-refractivity contribution in [2.45, 2.75) is 65.1 Å². The summed E-state index contributed by atoms with van der Waals surface area (Å²) in [5.41, 5.74) is 3.12. The highest BCUT2D eigenvalue weighted by Crippen LogP contribution is 2.27. The molecule has 1 fully saturated rings. The molecule has 1 aromatic heterocycles. The summed E-state index contributed by atoms with van der Waals surface area (Å²) in [5, 5.41) is 0.525. The number of aromatic nitrogens is 2. The van der Waals surface area contributed by atoms with Crippen molar-refractivity contribution < 1.29 is 9.59 Å². The number of nitrogens with zero attached hydrogens (tertiary/aromatic N) is 4. The average Bonchev–Trinajstić information content (AvgIpc) is 3.10. The third-order valence-electron chi connectivity index (χ3n) is 8.23. The molecule has 0 aliphatic carbocycles. The van der Waals surface area contributed by atoms with Gasteiger partial charge in [-0.1, -0.05) is 48.0 Å². The Morgan fingerprint density at radius 3 is 2.35 bits per heavy atom. The van der Waals surface area contributed by atoms with E-state index in [0.29, 0.717) is 55.0 Å². The van der Waals surface area contributed by atoms with Crippen LogP contribution in [-0.2, 0) is 29.0 Å². The first-order valence-corrected chi connectivity index (χ1v) is 14.3. The van der Waals surface area contributed by atoms with E-state index in [4.69, 9.17) is 11.6 Å². The predicted molar refractivity (Wildman–Crippen MR) is 156 cm³/mol. The van der Waals surface area contributed by atoms with Crippen molar-refractivity contribution >= 4 is 23.4 Å². The Morgan fingerprint density at radius 1 is 0.950 bits per heavy atom. The number of hydrogen-bond acceptors (Lipinski definition) is 4. The van der Waals surface area contributed by atoms with Gasteiger partial charge in [0.25, 0.3) is 5.56 Å². The third-order valence-corrected chi connectivity index (χ3v) is 8.64. The highest BCUT2D eigenvalue weighted by Gasteiger charge is 2.31. The fourth-order valence-corrected chi connectivity index (χ4v) is 6.11. The van der Waals surface area contributed by atoms with Crippen LogP contribution in [0, 0.1) is 6.92 Å². The van der Waals surface area contributed by atoms with Gasteiger partial charge in [0.1, 0.15) is 6.54 Å². The number of piperidine rings is 1. The fraction of sp³-hybridized carbons (Fsp3) is 0.419. The van der Waals surface area contributed by atoms with Gasteiger partial charge in [-0.25, -0.2) is 4.79 Å². The van der Waals surface area contributed by atoms with Crippen molar-refractivity contribution in [3.05, 3.63) is 91.2 Å². The Morgan fingerprint density at radius 2 is 1.65 bits per heavy atom. The van der Waals surface area contributed by atoms with Crippen molar-refractivity contribution in [3.8, 4) is 11.1 Å². The summed E-state index contributed by atoms with van der Waals surface area (Å²) in [6.07, 6.45) is 4.13. The van der Waals surface area contributed by atoms with Crippen LogP contribution in [0.25, 0.3) is 11.1 Å². The van der Waals surface area contributed by atoms with E-state index in [2.05, 4.69) is 6.07 Å². The van der Waals surface area contributed by atoms with Crippen LogP contribution in [0.2, 0.25) is 5.02 Å². The van der Waals surface area contributed by atoms with Gasteiger partial charge in [-0.3, -0.25) is 23.5 Å². The molecule has 5 rings (SSSR count). The van der Waals surface area contributed by atoms with Gasteiger partial charge in [-0.2, -0.15) is 0 Å². The number of benzene rings is 2. The molecule has 9 heteroatoms. The number of amides is 2. The van der Waals surface area contributed by atoms with Crippen LogP contribution < -0.4 is 11.2 Å². The molecular formula is C31H35ClN4O4. The van der Waals surface area contributed by atoms with Crippen LogP contribution in [0.1, 0.15) is 49.4 Å². The van der Waals surface area contributed by atoms with Crippen LogP contribution in [0.4, 0.5) is 0 Å². The zero-order chi connectivity index (χ0) is 28.6. The standard InChI is InChI=1S/C31H35ClN4O4/c1-20(2)36-30(39)26(25-9-6-10-27(32)21(25)3)18-34(31(36)40)19-29(38)33-14-12-24(13-15-33)35-16-11-22-7-4-5-8-23(22)17-28(35)37/h4-10,18,20,24H,11-17,19H2,1-3H3. The Labute approximate surface area is 238 Å². The molecule has 0 bridgehead atoms. The van der Waals surface area contributed by atoms with E-state index >= 15 is 0 Å². The predicted octanol–water partition coefficient (Wildman–Crippen LogP) is 3.84. The molecule has 210 valence electrons. The number of carbonyl (C=O) groups excluding carboxylic acids is 2. The summed E-state index contributed by atoms with van der Waals surface area (Å²) in [6, 6.07) is 13.1. The Kier molecular flexibility index (Phi) is 7.99. The first-order valence-electron chi connectivity index (χ1n) is 13.9. The molecule has 0 atom stereocenters. The largest absolute Gasteiger partial charge is 0.341 e. The lowest BCUT2D eigenvalue weighted by Gasteiger charge is -2.38. The van der Waals surface area contributed by atoms with Gasteiger partial charge in [0.2, 0.25) is 11.8 Å². The minimum atomic E-state index is -0.513. The summed E-state index contributed by atoms with van der Waals surface area (Å²) in [7, 11) is 0. The molecule has 0 saturated carbocycles. The number of hydrogen-bond donors (Lipinski definition) is 0. The quantitative estimate of drug-likeness (QED) is 0.473. The maximum Gasteiger partial charge on any atom is 0.331 e. The topological polar surface area (TPSA) is 84.6 Å². The van der Waals surface area contributed by atoms with Crippen molar-refractivity contribution in [3.63, 3.8) is 0 Å². The molecule has 1 saturated heterocycles. The molecular weight excluding hydrogens is 528 g/mol. The maximum absolute atomic E-state index is 13.4. The second-order valence-corrected chi connectivity index (χ2v) is 11.4. The van der Waals surface area contributed by atoms with Crippen LogP contribution in [0.15, 0.2) is 58.3 Å². The zero-order valence-corrected chi connectivity index (χ0v) is 24.0. The lowest BCUT2D eigenvalue weighted by atomic mass is 10.0. The average molecular weight is 563 g/mol. The molecule has 0 spiro atoms. The zero-order valence-electron chi connectivity index (χ0n) is 23.2.